The van der Waals surface area contributed by atoms with Crippen molar-refractivity contribution in [2.24, 2.45) is 0 Å². The fraction of sp³-hybridized carbons (Fsp3) is 0.292. The zero-order valence-electron chi connectivity index (χ0n) is 17.3. The van der Waals surface area contributed by atoms with Crippen molar-refractivity contribution >= 4 is 11.8 Å². The van der Waals surface area contributed by atoms with Crippen LogP contribution in [0, 0.1) is 0 Å². The number of aliphatic hydroxyl groups is 1. The van der Waals surface area contributed by atoms with E-state index in [1.165, 1.54) is 0 Å². The number of aliphatic hydroxyl groups excluding tert-OH is 1. The Morgan fingerprint density at radius 1 is 1.00 bits per heavy atom. The van der Waals surface area contributed by atoms with Crippen molar-refractivity contribution in [3.63, 3.8) is 0 Å². The molecule has 0 unspecified atom stereocenters. The lowest BCUT2D eigenvalue weighted by Crippen LogP contribution is -2.39. The summed E-state index contributed by atoms with van der Waals surface area (Å²) >= 11 is 0. The lowest BCUT2D eigenvalue weighted by molar-refractivity contribution is -0.120. The fourth-order valence-electron chi connectivity index (χ4n) is 3.64. The maximum absolute atomic E-state index is 12.6. The number of aromatic nitrogens is 2. The van der Waals surface area contributed by atoms with Gasteiger partial charge in [-0.05, 0) is 36.1 Å². The van der Waals surface area contributed by atoms with Gasteiger partial charge in [0, 0.05) is 25.8 Å². The van der Waals surface area contributed by atoms with E-state index in [2.05, 4.69) is 10.4 Å². The first-order chi connectivity index (χ1) is 15.1. The Balaban J connectivity index is 1.32. The van der Waals surface area contributed by atoms with Gasteiger partial charge >= 0.3 is 0 Å². The predicted molar refractivity (Wildman–Crippen MR) is 117 cm³/mol. The number of benzene rings is 2. The molecule has 160 valence electrons. The zero-order valence-corrected chi connectivity index (χ0v) is 17.3. The minimum absolute atomic E-state index is 0.0178. The van der Waals surface area contributed by atoms with Crippen LogP contribution in [0.2, 0.25) is 0 Å². The third kappa shape index (κ3) is 5.38. The van der Waals surface area contributed by atoms with Gasteiger partial charge in [-0.2, -0.15) is 5.10 Å². The highest BCUT2D eigenvalue weighted by Gasteiger charge is 2.23. The lowest BCUT2D eigenvalue weighted by atomic mass is 10.1. The van der Waals surface area contributed by atoms with E-state index in [0.29, 0.717) is 44.5 Å². The molecule has 0 radical (unpaired) electrons. The van der Waals surface area contributed by atoms with Crippen LogP contribution in [0.5, 0.6) is 0 Å². The van der Waals surface area contributed by atoms with Gasteiger partial charge in [0.05, 0.1) is 30.0 Å². The van der Waals surface area contributed by atoms with Gasteiger partial charge in [0.1, 0.15) is 0 Å². The first kappa shape index (κ1) is 20.8. The van der Waals surface area contributed by atoms with E-state index in [-0.39, 0.29) is 17.9 Å². The maximum Gasteiger partial charge on any atom is 0.257 e. The summed E-state index contributed by atoms with van der Waals surface area (Å²) in [5, 5.41) is 16.9. The van der Waals surface area contributed by atoms with E-state index >= 15 is 0 Å². The molecule has 0 spiro atoms. The monoisotopic (exact) mass is 418 g/mol. The molecule has 2 amide bonds. The molecule has 1 saturated heterocycles. The van der Waals surface area contributed by atoms with E-state index in [0.717, 1.165) is 16.8 Å². The van der Waals surface area contributed by atoms with Crippen molar-refractivity contribution in [2.45, 2.75) is 31.9 Å². The van der Waals surface area contributed by atoms with Gasteiger partial charge in [0.2, 0.25) is 5.91 Å². The SMILES string of the molecule is O=C(Cc1ccccc1)NCc1ccc(-n2cc(C(=O)N3CCC(O)CC3)cn2)cc1. The highest BCUT2D eigenvalue weighted by atomic mass is 16.3. The maximum atomic E-state index is 12.6. The van der Waals surface area contributed by atoms with Crippen molar-refractivity contribution in [1.82, 2.24) is 20.0 Å². The Hall–Kier alpha value is -3.45. The number of rotatable bonds is 6. The Morgan fingerprint density at radius 3 is 2.42 bits per heavy atom. The summed E-state index contributed by atoms with van der Waals surface area (Å²) in [5.41, 5.74) is 3.35. The smallest absolute Gasteiger partial charge is 0.257 e. The molecule has 7 heteroatoms. The molecule has 2 heterocycles. The quantitative estimate of drug-likeness (QED) is 0.643. The molecule has 31 heavy (non-hydrogen) atoms. The molecule has 2 N–H and O–H groups in total. The van der Waals surface area contributed by atoms with Crippen LogP contribution in [0.3, 0.4) is 0 Å². The first-order valence-electron chi connectivity index (χ1n) is 10.5. The molecule has 7 nitrogen and oxygen atoms in total. The highest BCUT2D eigenvalue weighted by molar-refractivity contribution is 5.93. The topological polar surface area (TPSA) is 87.5 Å². The molecule has 1 aliphatic rings. The van der Waals surface area contributed by atoms with Crippen LogP contribution in [-0.2, 0) is 17.8 Å². The van der Waals surface area contributed by atoms with Crippen LogP contribution < -0.4 is 5.32 Å². The van der Waals surface area contributed by atoms with Crippen LogP contribution >= 0.6 is 0 Å². The molecule has 0 atom stereocenters. The minimum Gasteiger partial charge on any atom is -0.393 e. The van der Waals surface area contributed by atoms with Crippen LogP contribution in [0.4, 0.5) is 0 Å². The number of amides is 2. The number of piperidine rings is 1. The molecular formula is C24H26N4O3. The molecule has 1 aliphatic heterocycles. The number of nitrogens with zero attached hydrogens (tertiary/aromatic N) is 3. The predicted octanol–water partition coefficient (Wildman–Crippen LogP) is 2.33. The first-order valence-corrected chi connectivity index (χ1v) is 10.5. The molecule has 1 aromatic heterocycles. The summed E-state index contributed by atoms with van der Waals surface area (Å²) in [6.45, 7) is 1.58. The average molecular weight is 418 g/mol. The summed E-state index contributed by atoms with van der Waals surface area (Å²) in [6, 6.07) is 17.4. The molecule has 0 aliphatic carbocycles. The van der Waals surface area contributed by atoms with Gasteiger partial charge in [-0.3, -0.25) is 9.59 Å². The van der Waals surface area contributed by atoms with Gasteiger partial charge in [-0.1, -0.05) is 42.5 Å². The summed E-state index contributed by atoms with van der Waals surface area (Å²) in [4.78, 5) is 26.5. The van der Waals surface area contributed by atoms with E-state index in [1.54, 1.807) is 22.0 Å². The van der Waals surface area contributed by atoms with Crippen molar-refractivity contribution in [3.8, 4) is 5.69 Å². The second-order valence-electron chi connectivity index (χ2n) is 7.80. The lowest BCUT2D eigenvalue weighted by Gasteiger charge is -2.29. The van der Waals surface area contributed by atoms with Crippen molar-refractivity contribution in [1.29, 1.82) is 0 Å². The number of hydrogen-bond acceptors (Lipinski definition) is 4. The average Bonchev–Trinajstić information content (AvgIpc) is 3.29. The van der Waals surface area contributed by atoms with Crippen LogP contribution in [0.15, 0.2) is 67.0 Å². The van der Waals surface area contributed by atoms with E-state index in [1.807, 2.05) is 54.6 Å². The molecule has 0 bridgehead atoms. The standard InChI is InChI=1S/C24H26N4O3/c29-22-10-12-27(13-11-22)24(31)20-16-26-28(17-20)21-8-6-19(7-9-21)15-25-23(30)14-18-4-2-1-3-5-18/h1-9,16-17,22,29H,10-15H2,(H,25,30). The summed E-state index contributed by atoms with van der Waals surface area (Å²) in [5.74, 6) is -0.0772. The highest BCUT2D eigenvalue weighted by Crippen LogP contribution is 2.15. The summed E-state index contributed by atoms with van der Waals surface area (Å²) < 4.78 is 1.67. The second kappa shape index (κ2) is 9.57. The van der Waals surface area contributed by atoms with Gasteiger partial charge in [-0.25, -0.2) is 4.68 Å². The fourth-order valence-corrected chi connectivity index (χ4v) is 3.64. The second-order valence-corrected chi connectivity index (χ2v) is 7.80. The Bertz CT molecular complexity index is 1020. The Morgan fingerprint density at radius 2 is 1.71 bits per heavy atom. The third-order valence-electron chi connectivity index (χ3n) is 5.48. The summed E-state index contributed by atoms with van der Waals surface area (Å²) in [7, 11) is 0. The molecule has 1 fully saturated rings. The van der Waals surface area contributed by atoms with Gasteiger partial charge in [0.15, 0.2) is 0 Å². The molecular weight excluding hydrogens is 392 g/mol. The van der Waals surface area contributed by atoms with Crippen LogP contribution in [-0.4, -0.2) is 50.8 Å². The number of hydrogen-bond donors (Lipinski definition) is 2. The van der Waals surface area contributed by atoms with Crippen LogP contribution in [0.1, 0.15) is 34.3 Å². The van der Waals surface area contributed by atoms with Crippen molar-refractivity contribution < 1.29 is 14.7 Å². The van der Waals surface area contributed by atoms with Crippen molar-refractivity contribution in [3.05, 3.63) is 83.7 Å². The van der Waals surface area contributed by atoms with Gasteiger partial charge in [-0.15, -0.1) is 0 Å². The van der Waals surface area contributed by atoms with Gasteiger partial charge in [0.25, 0.3) is 5.91 Å². The minimum atomic E-state index is -0.312. The van der Waals surface area contributed by atoms with E-state index < -0.39 is 0 Å². The van der Waals surface area contributed by atoms with Crippen LogP contribution in [0.25, 0.3) is 5.69 Å². The number of likely N-dealkylation sites (tertiary alicyclic amines) is 1. The normalized spacial score (nSPS) is 14.4. The Kier molecular flexibility index (Phi) is 6.43. The third-order valence-corrected chi connectivity index (χ3v) is 5.48. The largest absolute Gasteiger partial charge is 0.393 e. The van der Waals surface area contributed by atoms with E-state index in [9.17, 15) is 14.7 Å². The number of nitrogens with one attached hydrogen (secondary N) is 1. The zero-order chi connectivity index (χ0) is 21.6. The summed E-state index contributed by atoms with van der Waals surface area (Å²) in [6.07, 6.45) is 4.58. The molecule has 0 saturated carbocycles. The molecule has 2 aromatic carbocycles. The number of carbonyl (C=O) groups is 2. The van der Waals surface area contributed by atoms with E-state index in [4.69, 9.17) is 0 Å². The Labute approximate surface area is 181 Å². The van der Waals surface area contributed by atoms with Gasteiger partial charge < -0.3 is 15.3 Å². The molecule has 3 aromatic rings. The van der Waals surface area contributed by atoms with Crippen molar-refractivity contribution in [2.75, 3.05) is 13.1 Å². The number of carbonyl (C=O) groups excluding carboxylic acids is 2. The molecule has 4 rings (SSSR count).